The number of hydrogen-bond acceptors (Lipinski definition) is 1. The van der Waals surface area contributed by atoms with Crippen molar-refractivity contribution >= 4 is 0 Å². The van der Waals surface area contributed by atoms with Crippen molar-refractivity contribution in [3.05, 3.63) is 0 Å². The Bertz CT molecular complexity index is 308. The monoisotopic (exact) mass is 202 g/mol. The predicted molar refractivity (Wildman–Crippen MR) is 63.8 cm³/mol. The standard InChI is InChI=1S/C14H18O/c1-2-3-4-5-6-7-8-9-10-11-12-13-14-15/h15H,2-3,10-14H2,1H3. The lowest BCUT2D eigenvalue weighted by Gasteiger charge is -1.90. The Morgan fingerprint density at radius 2 is 1.47 bits per heavy atom. The summed E-state index contributed by atoms with van der Waals surface area (Å²) in [5.74, 6) is 16.8. The molecule has 0 saturated heterocycles. The van der Waals surface area contributed by atoms with Gasteiger partial charge in [0.05, 0.1) is 0 Å². The maximum absolute atomic E-state index is 8.54. The molecule has 0 spiro atoms. The van der Waals surface area contributed by atoms with E-state index in [0.29, 0.717) is 0 Å². The van der Waals surface area contributed by atoms with Crippen molar-refractivity contribution in [3.63, 3.8) is 0 Å². The van der Waals surface area contributed by atoms with Crippen LogP contribution in [0, 0.1) is 35.5 Å². The van der Waals surface area contributed by atoms with E-state index >= 15 is 0 Å². The Morgan fingerprint density at radius 3 is 2.07 bits per heavy atom. The van der Waals surface area contributed by atoms with Gasteiger partial charge in [-0.15, -0.1) is 0 Å². The van der Waals surface area contributed by atoms with Crippen LogP contribution in [0.4, 0.5) is 0 Å². The molecule has 0 aliphatic carbocycles. The highest BCUT2D eigenvalue weighted by Gasteiger charge is 1.83. The predicted octanol–water partition coefficient (Wildman–Crippen LogP) is 2.35. The second-order valence-electron chi connectivity index (χ2n) is 3.14. The third-order valence-electron chi connectivity index (χ3n) is 1.70. The van der Waals surface area contributed by atoms with Gasteiger partial charge in [0.2, 0.25) is 0 Å². The zero-order chi connectivity index (χ0) is 11.2. The van der Waals surface area contributed by atoms with Crippen molar-refractivity contribution < 1.29 is 5.11 Å². The first-order valence-electron chi connectivity index (χ1n) is 5.48. The summed E-state index contributed by atoms with van der Waals surface area (Å²) in [6.07, 6.45) is 5.78. The summed E-state index contributed by atoms with van der Waals surface area (Å²) >= 11 is 0. The van der Waals surface area contributed by atoms with Gasteiger partial charge in [0.1, 0.15) is 0 Å². The van der Waals surface area contributed by atoms with Gasteiger partial charge in [-0.05, 0) is 42.9 Å². The van der Waals surface area contributed by atoms with Crippen molar-refractivity contribution in [2.45, 2.75) is 45.4 Å². The summed E-state index contributed by atoms with van der Waals surface area (Å²) in [5, 5.41) is 8.54. The highest BCUT2D eigenvalue weighted by atomic mass is 16.2. The number of aliphatic hydroxyl groups excluding tert-OH is 1. The lowest BCUT2D eigenvalue weighted by molar-refractivity contribution is 0.283. The summed E-state index contributed by atoms with van der Waals surface area (Å²) in [7, 11) is 0. The molecule has 0 aliphatic rings. The van der Waals surface area contributed by atoms with Gasteiger partial charge in [-0.1, -0.05) is 25.2 Å². The molecule has 15 heavy (non-hydrogen) atoms. The molecule has 0 rings (SSSR count). The molecule has 0 aromatic carbocycles. The normalized spacial score (nSPS) is 7.60. The Kier molecular flexibility index (Phi) is 11.5. The Hall–Kier alpha value is -1.36. The number of aliphatic hydroxyl groups is 1. The lowest BCUT2D eigenvalue weighted by Crippen LogP contribution is -1.81. The van der Waals surface area contributed by atoms with Gasteiger partial charge in [-0.25, -0.2) is 0 Å². The average Bonchev–Trinajstić information content (AvgIpc) is 2.26. The fourth-order valence-electron chi connectivity index (χ4n) is 0.903. The van der Waals surface area contributed by atoms with Crippen molar-refractivity contribution in [2.75, 3.05) is 6.61 Å². The van der Waals surface area contributed by atoms with Crippen LogP contribution in [0.3, 0.4) is 0 Å². The van der Waals surface area contributed by atoms with Gasteiger partial charge < -0.3 is 5.11 Å². The minimum atomic E-state index is 0.278. The van der Waals surface area contributed by atoms with Crippen LogP contribution in [0.1, 0.15) is 45.4 Å². The Balaban J connectivity index is 3.49. The second-order valence-corrected chi connectivity index (χ2v) is 3.14. The van der Waals surface area contributed by atoms with E-state index < -0.39 is 0 Å². The molecule has 0 fully saturated rings. The Morgan fingerprint density at radius 1 is 0.800 bits per heavy atom. The van der Waals surface area contributed by atoms with Crippen LogP contribution < -0.4 is 0 Å². The van der Waals surface area contributed by atoms with E-state index in [0.717, 1.165) is 38.5 Å². The molecule has 1 nitrogen and oxygen atoms in total. The molecular formula is C14H18O. The lowest BCUT2D eigenvalue weighted by atomic mass is 10.2. The van der Waals surface area contributed by atoms with E-state index in [9.17, 15) is 0 Å². The fraction of sp³-hybridized carbons (Fsp3) is 0.571. The third-order valence-corrected chi connectivity index (χ3v) is 1.70. The molecular weight excluding hydrogens is 184 g/mol. The van der Waals surface area contributed by atoms with Crippen molar-refractivity contribution in [2.24, 2.45) is 0 Å². The summed E-state index contributed by atoms with van der Waals surface area (Å²) in [4.78, 5) is 0. The SMILES string of the molecule is CCCC#CC#CC#CCCCCCO. The van der Waals surface area contributed by atoms with Crippen LogP contribution in [0.2, 0.25) is 0 Å². The highest BCUT2D eigenvalue weighted by Crippen LogP contribution is 1.96. The largest absolute Gasteiger partial charge is 0.396 e. The highest BCUT2D eigenvalue weighted by molar-refractivity contribution is 5.35. The zero-order valence-electron chi connectivity index (χ0n) is 9.40. The maximum Gasteiger partial charge on any atom is 0.0431 e. The second kappa shape index (κ2) is 12.6. The number of hydrogen-bond donors (Lipinski definition) is 1. The van der Waals surface area contributed by atoms with E-state index in [2.05, 4.69) is 42.4 Å². The number of rotatable bonds is 5. The fourth-order valence-corrected chi connectivity index (χ4v) is 0.903. The topological polar surface area (TPSA) is 20.2 Å². The zero-order valence-corrected chi connectivity index (χ0v) is 9.40. The molecule has 0 saturated carbocycles. The summed E-state index contributed by atoms with van der Waals surface area (Å²) < 4.78 is 0. The van der Waals surface area contributed by atoms with Crippen molar-refractivity contribution in [3.8, 4) is 35.5 Å². The molecule has 0 unspecified atom stereocenters. The molecule has 0 heterocycles. The van der Waals surface area contributed by atoms with Gasteiger partial charge in [-0.3, -0.25) is 0 Å². The molecule has 1 N–H and O–H groups in total. The molecule has 0 amide bonds. The van der Waals surface area contributed by atoms with Crippen LogP contribution in [0.5, 0.6) is 0 Å². The van der Waals surface area contributed by atoms with Gasteiger partial charge >= 0.3 is 0 Å². The minimum absolute atomic E-state index is 0.278. The maximum atomic E-state index is 8.54. The van der Waals surface area contributed by atoms with Crippen LogP contribution in [0.15, 0.2) is 0 Å². The average molecular weight is 202 g/mol. The first kappa shape index (κ1) is 13.6. The molecule has 80 valence electrons. The summed E-state index contributed by atoms with van der Waals surface area (Å²) in [5.41, 5.74) is 0. The molecule has 0 atom stereocenters. The van der Waals surface area contributed by atoms with Gasteiger partial charge in [0.25, 0.3) is 0 Å². The first-order valence-corrected chi connectivity index (χ1v) is 5.48. The van der Waals surface area contributed by atoms with Gasteiger partial charge in [-0.2, -0.15) is 0 Å². The Labute approximate surface area is 93.3 Å². The molecule has 0 aromatic rings. The van der Waals surface area contributed by atoms with Crippen LogP contribution >= 0.6 is 0 Å². The minimum Gasteiger partial charge on any atom is -0.396 e. The van der Waals surface area contributed by atoms with E-state index in [1.54, 1.807) is 0 Å². The number of unbranched alkanes of at least 4 members (excludes halogenated alkanes) is 4. The van der Waals surface area contributed by atoms with Crippen LogP contribution in [0.25, 0.3) is 0 Å². The van der Waals surface area contributed by atoms with E-state index in [1.807, 2.05) is 0 Å². The summed E-state index contributed by atoms with van der Waals surface area (Å²) in [6.45, 7) is 2.37. The molecule has 0 radical (unpaired) electrons. The molecule has 0 bridgehead atoms. The van der Waals surface area contributed by atoms with E-state index in [4.69, 9.17) is 5.11 Å². The quantitative estimate of drug-likeness (QED) is 0.536. The van der Waals surface area contributed by atoms with Gasteiger partial charge in [0, 0.05) is 19.4 Å². The third kappa shape index (κ3) is 12.6. The van der Waals surface area contributed by atoms with Gasteiger partial charge in [0.15, 0.2) is 0 Å². The molecule has 0 aromatic heterocycles. The summed E-state index contributed by atoms with van der Waals surface area (Å²) in [6, 6.07) is 0. The smallest absolute Gasteiger partial charge is 0.0431 e. The van der Waals surface area contributed by atoms with Crippen molar-refractivity contribution in [1.29, 1.82) is 0 Å². The van der Waals surface area contributed by atoms with E-state index in [1.165, 1.54) is 0 Å². The van der Waals surface area contributed by atoms with Crippen LogP contribution in [-0.2, 0) is 0 Å². The molecule has 1 heteroatoms. The first-order chi connectivity index (χ1) is 7.41. The van der Waals surface area contributed by atoms with Crippen LogP contribution in [-0.4, -0.2) is 11.7 Å². The van der Waals surface area contributed by atoms with Crippen molar-refractivity contribution in [1.82, 2.24) is 0 Å². The molecule has 0 aliphatic heterocycles. The van der Waals surface area contributed by atoms with E-state index in [-0.39, 0.29) is 6.61 Å².